The second-order valence-corrected chi connectivity index (χ2v) is 5.97. The summed E-state index contributed by atoms with van der Waals surface area (Å²) >= 11 is 0. The molecule has 23 heavy (non-hydrogen) atoms. The van der Waals surface area contributed by atoms with E-state index in [1.165, 1.54) is 0 Å². The summed E-state index contributed by atoms with van der Waals surface area (Å²) in [5.74, 6) is 0.310. The third-order valence-electron chi connectivity index (χ3n) is 4.62. The highest BCUT2D eigenvalue weighted by molar-refractivity contribution is 5.90. The zero-order chi connectivity index (χ0) is 16.4. The van der Waals surface area contributed by atoms with Gasteiger partial charge in [0.1, 0.15) is 6.61 Å². The van der Waals surface area contributed by atoms with Crippen LogP contribution in [0.25, 0.3) is 0 Å². The molecule has 2 aliphatic rings. The zero-order valence-electron chi connectivity index (χ0n) is 13.4. The van der Waals surface area contributed by atoms with Crippen LogP contribution in [-0.4, -0.2) is 52.2 Å². The van der Waals surface area contributed by atoms with Crippen molar-refractivity contribution < 1.29 is 18.8 Å². The molecule has 1 saturated carbocycles. The van der Waals surface area contributed by atoms with Gasteiger partial charge in [-0.15, -0.1) is 0 Å². The summed E-state index contributed by atoms with van der Waals surface area (Å²) in [6, 6.07) is 0.226. The van der Waals surface area contributed by atoms with E-state index < -0.39 is 0 Å². The number of likely N-dealkylation sites (N-methyl/N-ethyl adjacent to an activating group) is 1. The predicted octanol–water partition coefficient (Wildman–Crippen LogP) is 0.986. The maximum atomic E-state index is 12.4. The van der Waals surface area contributed by atoms with E-state index in [2.05, 4.69) is 15.5 Å². The molecule has 1 aliphatic carbocycles. The second-order valence-electron chi connectivity index (χ2n) is 5.97. The Morgan fingerprint density at radius 1 is 1.39 bits per heavy atom. The van der Waals surface area contributed by atoms with Gasteiger partial charge in [0.2, 0.25) is 11.8 Å². The molecule has 0 radical (unpaired) electrons. The average Bonchev–Trinajstić information content (AvgIpc) is 3.02. The van der Waals surface area contributed by atoms with Gasteiger partial charge in [0.15, 0.2) is 5.82 Å². The van der Waals surface area contributed by atoms with Crippen molar-refractivity contribution in [3.05, 3.63) is 5.82 Å². The number of carbonyl (C=O) groups excluding carboxylic acids is 2. The number of aromatic nitrogens is 2. The Morgan fingerprint density at radius 3 is 2.91 bits per heavy atom. The summed E-state index contributed by atoms with van der Waals surface area (Å²) in [6.45, 7) is 4.67. The van der Waals surface area contributed by atoms with Crippen molar-refractivity contribution in [3.63, 3.8) is 0 Å². The molecule has 1 saturated heterocycles. The Hall–Kier alpha value is -1.96. The zero-order valence-corrected chi connectivity index (χ0v) is 13.4. The van der Waals surface area contributed by atoms with Crippen LogP contribution in [0, 0.1) is 5.92 Å². The van der Waals surface area contributed by atoms with Gasteiger partial charge < -0.3 is 14.2 Å². The summed E-state index contributed by atoms with van der Waals surface area (Å²) in [6.07, 6.45) is 2.67. The molecular weight excluding hydrogens is 300 g/mol. The molecule has 1 aromatic rings. The smallest absolute Gasteiger partial charge is 0.328 e. The number of aryl methyl sites for hydroxylation is 1. The summed E-state index contributed by atoms with van der Waals surface area (Å²) < 4.78 is 10.7. The fraction of sp³-hybridized carbons (Fsp3) is 0.733. The molecule has 1 N–H and O–H groups in total. The number of amides is 2. The number of morpholine rings is 1. The lowest BCUT2D eigenvalue weighted by Gasteiger charge is -2.44. The van der Waals surface area contributed by atoms with Crippen LogP contribution in [0.3, 0.4) is 0 Å². The molecule has 2 amide bonds. The van der Waals surface area contributed by atoms with Crippen LogP contribution in [0.5, 0.6) is 0 Å². The first-order valence-electron chi connectivity index (χ1n) is 8.16. The Kier molecular flexibility index (Phi) is 4.61. The van der Waals surface area contributed by atoms with E-state index in [-0.39, 0.29) is 42.5 Å². The topological polar surface area (TPSA) is 97.6 Å². The summed E-state index contributed by atoms with van der Waals surface area (Å²) in [7, 11) is 0. The Bertz CT molecular complexity index is 588. The number of hydrogen-bond acceptors (Lipinski definition) is 6. The van der Waals surface area contributed by atoms with Crippen LogP contribution in [0.1, 0.15) is 38.9 Å². The molecule has 3 atom stereocenters. The van der Waals surface area contributed by atoms with Gasteiger partial charge in [-0.05, 0) is 26.2 Å². The van der Waals surface area contributed by atoms with E-state index in [1.807, 2.05) is 18.7 Å². The van der Waals surface area contributed by atoms with Crippen molar-refractivity contribution in [2.24, 2.45) is 5.92 Å². The predicted molar refractivity (Wildman–Crippen MR) is 80.6 cm³/mol. The number of carbonyl (C=O) groups is 2. The number of hydrogen-bond donors (Lipinski definition) is 1. The van der Waals surface area contributed by atoms with Crippen LogP contribution in [0.4, 0.5) is 6.01 Å². The van der Waals surface area contributed by atoms with Gasteiger partial charge in [-0.3, -0.25) is 14.9 Å². The van der Waals surface area contributed by atoms with E-state index in [4.69, 9.17) is 9.26 Å². The molecule has 0 aromatic carbocycles. The maximum Gasteiger partial charge on any atom is 0.328 e. The quantitative estimate of drug-likeness (QED) is 0.887. The Balaban J connectivity index is 1.60. The fourth-order valence-corrected chi connectivity index (χ4v) is 3.40. The van der Waals surface area contributed by atoms with Gasteiger partial charge in [-0.2, -0.15) is 4.98 Å². The number of rotatable bonds is 4. The Morgan fingerprint density at radius 2 is 2.22 bits per heavy atom. The third-order valence-corrected chi connectivity index (χ3v) is 4.62. The lowest BCUT2D eigenvalue weighted by molar-refractivity contribution is -0.162. The summed E-state index contributed by atoms with van der Waals surface area (Å²) in [5.41, 5.74) is 0. The van der Waals surface area contributed by atoms with E-state index >= 15 is 0 Å². The van der Waals surface area contributed by atoms with Gasteiger partial charge in [-0.25, -0.2) is 0 Å². The minimum atomic E-state index is -0.167. The molecule has 3 rings (SSSR count). The molecule has 2 heterocycles. The first-order valence-corrected chi connectivity index (χ1v) is 8.16. The molecule has 2 fully saturated rings. The van der Waals surface area contributed by atoms with Crippen LogP contribution in [-0.2, 0) is 20.7 Å². The lowest BCUT2D eigenvalue weighted by Crippen LogP contribution is -2.57. The molecule has 0 unspecified atom stereocenters. The van der Waals surface area contributed by atoms with E-state index in [0.29, 0.717) is 25.2 Å². The number of nitrogens with one attached hydrogen (secondary N) is 1. The highest BCUT2D eigenvalue weighted by Gasteiger charge is 2.42. The maximum absolute atomic E-state index is 12.4. The standard InChI is InChI=1S/C15H22N4O4/c1-3-12-16-15(23-18-12)17-14(21)9-5-6-10-11(7-9)22-8-13(20)19(10)4-2/h9-11H,3-8H2,1-2H3,(H,16,17,18,21)/t9-,10-,11-/m0/s1. The molecule has 8 nitrogen and oxygen atoms in total. The van der Waals surface area contributed by atoms with E-state index in [1.54, 1.807) is 0 Å². The first kappa shape index (κ1) is 15.9. The lowest BCUT2D eigenvalue weighted by atomic mass is 9.82. The fourth-order valence-electron chi connectivity index (χ4n) is 3.40. The molecule has 0 bridgehead atoms. The van der Waals surface area contributed by atoms with Crippen LogP contribution in [0.2, 0.25) is 0 Å². The number of nitrogens with zero attached hydrogens (tertiary/aromatic N) is 3. The number of fused-ring (bicyclic) bond motifs is 1. The minimum Gasteiger partial charge on any atom is -0.366 e. The Labute approximate surface area is 134 Å². The normalized spacial score (nSPS) is 27.7. The van der Waals surface area contributed by atoms with Crippen molar-refractivity contribution >= 4 is 17.8 Å². The van der Waals surface area contributed by atoms with E-state index in [9.17, 15) is 9.59 Å². The van der Waals surface area contributed by atoms with Gasteiger partial charge in [0, 0.05) is 18.9 Å². The van der Waals surface area contributed by atoms with Crippen LogP contribution < -0.4 is 5.32 Å². The molecule has 1 aliphatic heterocycles. The van der Waals surface area contributed by atoms with Crippen molar-refractivity contribution in [3.8, 4) is 0 Å². The SMILES string of the molecule is CCc1noc(NC(=O)[C@H]2CC[C@H]3[C@H](C2)OCC(=O)N3CC)n1. The molecule has 1 aromatic heterocycles. The van der Waals surface area contributed by atoms with Crippen LogP contribution in [0.15, 0.2) is 4.52 Å². The highest BCUT2D eigenvalue weighted by atomic mass is 16.5. The minimum absolute atomic E-state index is 0.0367. The first-order chi connectivity index (χ1) is 11.1. The average molecular weight is 322 g/mol. The van der Waals surface area contributed by atoms with Gasteiger partial charge >= 0.3 is 6.01 Å². The van der Waals surface area contributed by atoms with E-state index in [0.717, 1.165) is 12.8 Å². The monoisotopic (exact) mass is 322 g/mol. The molecular formula is C15H22N4O4. The third kappa shape index (κ3) is 3.21. The molecule has 0 spiro atoms. The number of anilines is 1. The van der Waals surface area contributed by atoms with Gasteiger partial charge in [-0.1, -0.05) is 12.1 Å². The van der Waals surface area contributed by atoms with Gasteiger partial charge in [0.05, 0.1) is 12.1 Å². The second kappa shape index (κ2) is 6.66. The largest absolute Gasteiger partial charge is 0.366 e. The summed E-state index contributed by atoms with van der Waals surface area (Å²) in [4.78, 5) is 30.2. The van der Waals surface area contributed by atoms with Crippen molar-refractivity contribution in [1.29, 1.82) is 0 Å². The van der Waals surface area contributed by atoms with Crippen molar-refractivity contribution in [1.82, 2.24) is 15.0 Å². The molecule has 8 heteroatoms. The van der Waals surface area contributed by atoms with Gasteiger partial charge in [0.25, 0.3) is 0 Å². The summed E-state index contributed by atoms with van der Waals surface area (Å²) in [5, 5.41) is 6.44. The van der Waals surface area contributed by atoms with Crippen molar-refractivity contribution in [2.45, 2.75) is 51.7 Å². The van der Waals surface area contributed by atoms with Crippen molar-refractivity contribution in [2.75, 3.05) is 18.5 Å². The number of ether oxygens (including phenoxy) is 1. The molecule has 126 valence electrons. The van der Waals surface area contributed by atoms with Crippen LogP contribution >= 0.6 is 0 Å². The highest BCUT2D eigenvalue weighted by Crippen LogP contribution is 2.33.